The Bertz CT molecular complexity index is 723. The number of hydrogen-bond acceptors (Lipinski definition) is 4. The normalized spacial score (nSPS) is 11.0. The number of anilines is 2. The predicted molar refractivity (Wildman–Crippen MR) is 108 cm³/mol. The Morgan fingerprint density at radius 1 is 1.19 bits per heavy atom. The van der Waals surface area contributed by atoms with Crippen LogP contribution in [0.15, 0.2) is 36.5 Å². The van der Waals surface area contributed by atoms with E-state index in [1.165, 1.54) is 11.1 Å². The minimum Gasteiger partial charge on any atom is -0.354 e. The molecule has 0 saturated carbocycles. The molecule has 1 heterocycles. The molecule has 0 aliphatic rings. The van der Waals surface area contributed by atoms with Crippen LogP contribution in [0.1, 0.15) is 47.8 Å². The fraction of sp³-hybridized carbons (Fsp3) is 0.429. The molecule has 5 nitrogen and oxygen atoms in total. The van der Waals surface area contributed by atoms with Crippen LogP contribution in [0.5, 0.6) is 0 Å². The quantitative estimate of drug-likeness (QED) is 0.705. The van der Waals surface area contributed by atoms with Crippen molar-refractivity contribution in [1.82, 2.24) is 15.2 Å². The smallest absolute Gasteiger partial charge is 0.269 e. The summed E-state index contributed by atoms with van der Waals surface area (Å²) in [6.45, 7) is 8.06. The maximum Gasteiger partial charge on any atom is 0.269 e. The molecular weight excluding hydrogens is 324 g/mol. The van der Waals surface area contributed by atoms with Gasteiger partial charge in [-0.3, -0.25) is 4.79 Å². The third kappa shape index (κ3) is 5.56. The monoisotopic (exact) mass is 354 g/mol. The van der Waals surface area contributed by atoms with Gasteiger partial charge in [-0.1, -0.05) is 32.0 Å². The number of carbonyl (C=O) groups is 1. The van der Waals surface area contributed by atoms with E-state index in [2.05, 4.69) is 59.5 Å². The summed E-state index contributed by atoms with van der Waals surface area (Å²) in [5.41, 5.74) is 4.90. The first-order valence-corrected chi connectivity index (χ1v) is 9.14. The Morgan fingerprint density at radius 2 is 1.96 bits per heavy atom. The molecule has 1 aromatic heterocycles. The first-order chi connectivity index (χ1) is 12.4. The van der Waals surface area contributed by atoms with Gasteiger partial charge in [-0.2, -0.15) is 0 Å². The second-order valence-corrected chi connectivity index (χ2v) is 7.16. The highest BCUT2D eigenvalue weighted by Gasteiger charge is 2.11. The van der Waals surface area contributed by atoms with Gasteiger partial charge in [0.15, 0.2) is 0 Å². The number of nitrogens with one attached hydrogen (secondary N) is 2. The maximum atomic E-state index is 12.1. The van der Waals surface area contributed by atoms with E-state index in [-0.39, 0.29) is 5.91 Å². The van der Waals surface area contributed by atoms with Crippen LogP contribution in [0.2, 0.25) is 0 Å². The maximum absolute atomic E-state index is 12.1. The van der Waals surface area contributed by atoms with Gasteiger partial charge in [0.25, 0.3) is 5.91 Å². The van der Waals surface area contributed by atoms with Crippen LogP contribution in [0.3, 0.4) is 0 Å². The molecule has 1 aromatic carbocycles. The molecule has 26 heavy (non-hydrogen) atoms. The summed E-state index contributed by atoms with van der Waals surface area (Å²) in [6, 6.07) is 9.98. The number of benzene rings is 1. The molecular formula is C21H30N4O. The van der Waals surface area contributed by atoms with Gasteiger partial charge in [-0.25, -0.2) is 4.98 Å². The molecule has 2 N–H and O–H groups in total. The Morgan fingerprint density at radius 3 is 2.58 bits per heavy atom. The Kier molecular flexibility index (Phi) is 7.16. The van der Waals surface area contributed by atoms with Gasteiger partial charge in [0, 0.05) is 12.2 Å². The SMILES string of the molecule is Cc1cccc(C(C)C)c1Nc1ccc(C(=O)NCCCN(C)C)nc1. The number of amides is 1. The summed E-state index contributed by atoms with van der Waals surface area (Å²) in [7, 11) is 4.04. The fourth-order valence-corrected chi connectivity index (χ4v) is 2.78. The zero-order chi connectivity index (χ0) is 19.1. The van der Waals surface area contributed by atoms with E-state index in [0.717, 1.165) is 24.3 Å². The van der Waals surface area contributed by atoms with Crippen LogP contribution >= 0.6 is 0 Å². The third-order valence-electron chi connectivity index (χ3n) is 4.26. The molecule has 0 fully saturated rings. The van der Waals surface area contributed by atoms with Gasteiger partial charge in [0.2, 0.25) is 0 Å². The van der Waals surface area contributed by atoms with Gasteiger partial charge in [-0.05, 0) is 63.2 Å². The van der Waals surface area contributed by atoms with E-state index in [1.807, 2.05) is 20.2 Å². The fourth-order valence-electron chi connectivity index (χ4n) is 2.78. The summed E-state index contributed by atoms with van der Waals surface area (Å²) in [4.78, 5) is 18.6. The van der Waals surface area contributed by atoms with E-state index in [4.69, 9.17) is 0 Å². The number of para-hydroxylation sites is 1. The van der Waals surface area contributed by atoms with Crippen LogP contribution in [-0.4, -0.2) is 43.0 Å². The van der Waals surface area contributed by atoms with E-state index in [1.54, 1.807) is 12.3 Å². The molecule has 0 aliphatic heterocycles. The highest BCUT2D eigenvalue weighted by Crippen LogP contribution is 2.29. The molecule has 0 spiro atoms. The van der Waals surface area contributed by atoms with Crippen molar-refractivity contribution in [2.24, 2.45) is 0 Å². The lowest BCUT2D eigenvalue weighted by atomic mass is 9.98. The van der Waals surface area contributed by atoms with E-state index in [9.17, 15) is 4.79 Å². The second kappa shape index (κ2) is 9.34. The molecule has 0 atom stereocenters. The molecule has 0 radical (unpaired) electrons. The van der Waals surface area contributed by atoms with Crippen LogP contribution in [0.4, 0.5) is 11.4 Å². The number of rotatable bonds is 8. The van der Waals surface area contributed by atoms with Crippen molar-refractivity contribution < 1.29 is 4.79 Å². The van der Waals surface area contributed by atoms with Crippen molar-refractivity contribution in [1.29, 1.82) is 0 Å². The van der Waals surface area contributed by atoms with Gasteiger partial charge >= 0.3 is 0 Å². The molecule has 0 bridgehead atoms. The van der Waals surface area contributed by atoms with Crippen molar-refractivity contribution in [3.05, 3.63) is 53.3 Å². The molecule has 140 valence electrons. The van der Waals surface area contributed by atoms with Crippen LogP contribution in [0, 0.1) is 6.92 Å². The number of hydrogen-bond donors (Lipinski definition) is 2. The van der Waals surface area contributed by atoms with Gasteiger partial charge in [0.05, 0.1) is 11.9 Å². The number of aromatic nitrogens is 1. The van der Waals surface area contributed by atoms with Crippen molar-refractivity contribution in [3.8, 4) is 0 Å². The van der Waals surface area contributed by atoms with Gasteiger partial charge in [-0.15, -0.1) is 0 Å². The standard InChI is InChI=1S/C21H30N4O/c1-15(2)18-9-6-8-16(3)20(18)24-17-10-11-19(23-14-17)21(26)22-12-7-13-25(4)5/h6,8-11,14-15,24H,7,12-13H2,1-5H3,(H,22,26). The molecule has 0 unspecified atom stereocenters. The Labute approximate surface area is 156 Å². The average Bonchev–Trinajstić information content (AvgIpc) is 2.60. The molecule has 1 amide bonds. The van der Waals surface area contributed by atoms with E-state index in [0.29, 0.717) is 18.2 Å². The summed E-state index contributed by atoms with van der Waals surface area (Å²) >= 11 is 0. The predicted octanol–water partition coefficient (Wildman–Crippen LogP) is 3.94. The number of nitrogens with zero attached hydrogens (tertiary/aromatic N) is 2. The van der Waals surface area contributed by atoms with Crippen LogP contribution in [-0.2, 0) is 0 Å². The van der Waals surface area contributed by atoms with Crippen molar-refractivity contribution >= 4 is 17.3 Å². The number of pyridine rings is 1. The van der Waals surface area contributed by atoms with Gasteiger partial charge in [0.1, 0.15) is 5.69 Å². The number of carbonyl (C=O) groups excluding carboxylic acids is 1. The summed E-state index contributed by atoms with van der Waals surface area (Å²) < 4.78 is 0. The second-order valence-electron chi connectivity index (χ2n) is 7.16. The Balaban J connectivity index is 2.01. The summed E-state index contributed by atoms with van der Waals surface area (Å²) in [5.74, 6) is 0.298. The topological polar surface area (TPSA) is 57.3 Å². The number of aryl methyl sites for hydroxylation is 1. The van der Waals surface area contributed by atoms with E-state index < -0.39 is 0 Å². The third-order valence-corrected chi connectivity index (χ3v) is 4.26. The van der Waals surface area contributed by atoms with Gasteiger partial charge < -0.3 is 15.5 Å². The highest BCUT2D eigenvalue weighted by molar-refractivity contribution is 5.92. The lowest BCUT2D eigenvalue weighted by Gasteiger charge is -2.17. The summed E-state index contributed by atoms with van der Waals surface area (Å²) in [6.07, 6.45) is 2.63. The first-order valence-electron chi connectivity index (χ1n) is 9.14. The first kappa shape index (κ1) is 19.9. The molecule has 2 aromatic rings. The lowest BCUT2D eigenvalue weighted by molar-refractivity contribution is 0.0947. The van der Waals surface area contributed by atoms with Crippen molar-refractivity contribution in [3.63, 3.8) is 0 Å². The molecule has 0 saturated heterocycles. The van der Waals surface area contributed by atoms with Crippen LogP contribution in [0.25, 0.3) is 0 Å². The minimum absolute atomic E-state index is 0.130. The zero-order valence-corrected chi connectivity index (χ0v) is 16.5. The lowest BCUT2D eigenvalue weighted by Crippen LogP contribution is -2.27. The highest BCUT2D eigenvalue weighted by atomic mass is 16.1. The van der Waals surface area contributed by atoms with Crippen molar-refractivity contribution in [2.75, 3.05) is 32.5 Å². The largest absolute Gasteiger partial charge is 0.354 e. The Hall–Kier alpha value is -2.40. The average molecular weight is 354 g/mol. The van der Waals surface area contributed by atoms with Crippen molar-refractivity contribution in [2.45, 2.75) is 33.1 Å². The van der Waals surface area contributed by atoms with Crippen LogP contribution < -0.4 is 10.6 Å². The molecule has 5 heteroatoms. The zero-order valence-electron chi connectivity index (χ0n) is 16.5. The van der Waals surface area contributed by atoms with E-state index >= 15 is 0 Å². The molecule has 0 aliphatic carbocycles. The minimum atomic E-state index is -0.130. The molecule has 2 rings (SSSR count). The summed E-state index contributed by atoms with van der Waals surface area (Å²) in [5, 5.41) is 6.36.